The van der Waals surface area contributed by atoms with Crippen molar-refractivity contribution in [2.45, 2.75) is 18.7 Å². The van der Waals surface area contributed by atoms with Gasteiger partial charge in [0.05, 0.1) is 0 Å². The quantitative estimate of drug-likeness (QED) is 0.474. The summed E-state index contributed by atoms with van der Waals surface area (Å²) >= 11 is 4.25. The first-order valence-corrected chi connectivity index (χ1v) is 2.91. The van der Waals surface area contributed by atoms with Crippen LogP contribution in [0, 0.1) is 0 Å². The van der Waals surface area contributed by atoms with Gasteiger partial charge < -0.3 is 0 Å². The number of hydrogen-bond acceptors (Lipinski definition) is 2. The number of carbonyl (C=O) groups excluding carboxylic acids is 2. The topological polar surface area (TPSA) is 34.1 Å². The standard InChI is InChI=1S/C5H5ClF2O2/c1-2-3(9)4(10)5(6,7)8/h2H2,1H3. The minimum Gasteiger partial charge on any atom is -0.291 e. The molecule has 2 nitrogen and oxygen atoms in total. The number of carbonyl (C=O) groups is 2. The molecule has 0 N–H and O–H groups in total. The predicted molar refractivity (Wildman–Crippen MR) is 31.1 cm³/mol. The van der Waals surface area contributed by atoms with Crippen molar-refractivity contribution in [1.29, 1.82) is 0 Å². The van der Waals surface area contributed by atoms with Gasteiger partial charge in [-0.3, -0.25) is 9.59 Å². The summed E-state index contributed by atoms with van der Waals surface area (Å²) in [6, 6.07) is 0. The fraction of sp³-hybridized carbons (Fsp3) is 0.600. The maximum Gasteiger partial charge on any atom is 0.387 e. The number of halogens is 3. The van der Waals surface area contributed by atoms with Gasteiger partial charge in [-0.25, -0.2) is 0 Å². The zero-order chi connectivity index (χ0) is 8.36. The van der Waals surface area contributed by atoms with Crippen molar-refractivity contribution in [3.63, 3.8) is 0 Å². The Balaban J connectivity index is 4.24. The highest BCUT2D eigenvalue weighted by molar-refractivity contribution is 6.50. The first-order valence-electron chi connectivity index (χ1n) is 2.54. The molecular weight excluding hydrogens is 166 g/mol. The normalized spacial score (nSPS) is 11.2. The molecule has 0 aliphatic carbocycles. The molecule has 0 saturated heterocycles. The van der Waals surface area contributed by atoms with Crippen LogP contribution in [0.3, 0.4) is 0 Å². The van der Waals surface area contributed by atoms with Gasteiger partial charge in [0.1, 0.15) is 0 Å². The molecule has 0 aromatic carbocycles. The molecule has 0 unspecified atom stereocenters. The third-order valence-corrected chi connectivity index (χ3v) is 1.00. The molecule has 10 heavy (non-hydrogen) atoms. The van der Waals surface area contributed by atoms with E-state index in [1.807, 2.05) is 0 Å². The smallest absolute Gasteiger partial charge is 0.291 e. The number of ketones is 2. The first-order chi connectivity index (χ1) is 4.39. The Labute approximate surface area is 61.2 Å². The van der Waals surface area contributed by atoms with E-state index in [9.17, 15) is 18.4 Å². The van der Waals surface area contributed by atoms with E-state index in [1.165, 1.54) is 6.92 Å². The van der Waals surface area contributed by atoms with E-state index >= 15 is 0 Å². The summed E-state index contributed by atoms with van der Waals surface area (Å²) in [5.74, 6) is -2.99. The molecule has 0 spiro atoms. The molecule has 0 aliphatic heterocycles. The number of hydrogen-bond donors (Lipinski definition) is 0. The summed E-state index contributed by atoms with van der Waals surface area (Å²) < 4.78 is 23.5. The van der Waals surface area contributed by atoms with Gasteiger partial charge >= 0.3 is 5.38 Å². The molecule has 0 radical (unpaired) electrons. The van der Waals surface area contributed by atoms with E-state index in [2.05, 4.69) is 11.6 Å². The fourth-order valence-electron chi connectivity index (χ4n) is 0.319. The molecule has 0 amide bonds. The summed E-state index contributed by atoms with van der Waals surface area (Å²) in [6.07, 6.45) is -0.249. The average Bonchev–Trinajstić information content (AvgIpc) is 1.83. The molecule has 0 aromatic heterocycles. The van der Waals surface area contributed by atoms with Gasteiger partial charge in [0.2, 0.25) is 5.78 Å². The lowest BCUT2D eigenvalue weighted by atomic mass is 10.2. The minimum absolute atomic E-state index is 0.249. The SMILES string of the molecule is CCC(=O)C(=O)C(F)(F)Cl. The van der Waals surface area contributed by atoms with Crippen LogP contribution in [0.4, 0.5) is 8.78 Å². The Morgan fingerprint density at radius 2 is 1.90 bits per heavy atom. The van der Waals surface area contributed by atoms with Crippen molar-refractivity contribution in [3.05, 3.63) is 0 Å². The summed E-state index contributed by atoms with van der Waals surface area (Å²) in [7, 11) is 0. The van der Waals surface area contributed by atoms with Gasteiger partial charge in [-0.1, -0.05) is 6.92 Å². The predicted octanol–water partition coefficient (Wildman–Crippen LogP) is 1.37. The van der Waals surface area contributed by atoms with E-state index in [0.29, 0.717) is 0 Å². The molecule has 0 saturated carbocycles. The van der Waals surface area contributed by atoms with Gasteiger partial charge in [0, 0.05) is 6.42 Å². The van der Waals surface area contributed by atoms with Gasteiger partial charge in [0.15, 0.2) is 0 Å². The number of rotatable bonds is 3. The summed E-state index contributed by atoms with van der Waals surface area (Å²) in [5, 5.41) is -4.03. The molecule has 58 valence electrons. The van der Waals surface area contributed by atoms with Gasteiger partial charge in [-0.05, 0) is 11.6 Å². The Kier molecular flexibility index (Phi) is 2.90. The van der Waals surface area contributed by atoms with Crippen LogP contribution < -0.4 is 0 Å². The van der Waals surface area contributed by atoms with E-state index in [0.717, 1.165) is 0 Å². The highest BCUT2D eigenvalue weighted by atomic mass is 35.5. The lowest BCUT2D eigenvalue weighted by molar-refractivity contribution is -0.145. The van der Waals surface area contributed by atoms with Crippen LogP contribution in [0.5, 0.6) is 0 Å². The lowest BCUT2D eigenvalue weighted by Crippen LogP contribution is -2.29. The van der Waals surface area contributed by atoms with Crippen LogP contribution in [0.1, 0.15) is 13.3 Å². The van der Waals surface area contributed by atoms with Gasteiger partial charge in [0.25, 0.3) is 5.78 Å². The van der Waals surface area contributed by atoms with Crippen LogP contribution >= 0.6 is 11.6 Å². The Hall–Kier alpha value is -0.510. The third-order valence-electron chi connectivity index (χ3n) is 0.832. The zero-order valence-corrected chi connectivity index (χ0v) is 5.91. The van der Waals surface area contributed by atoms with Crippen molar-refractivity contribution in [2.75, 3.05) is 0 Å². The fourth-order valence-corrected chi connectivity index (χ4v) is 0.424. The number of Topliss-reactive ketones (excluding diaryl/α,β-unsaturated/α-hetero) is 2. The van der Waals surface area contributed by atoms with E-state index in [-0.39, 0.29) is 6.42 Å². The van der Waals surface area contributed by atoms with E-state index < -0.39 is 16.9 Å². The van der Waals surface area contributed by atoms with Crippen molar-refractivity contribution in [3.8, 4) is 0 Å². The molecule has 0 rings (SSSR count). The summed E-state index contributed by atoms with van der Waals surface area (Å²) in [4.78, 5) is 20.4. The second-order valence-corrected chi connectivity index (χ2v) is 2.08. The van der Waals surface area contributed by atoms with Crippen LogP contribution in [-0.2, 0) is 9.59 Å². The zero-order valence-electron chi connectivity index (χ0n) is 5.16. The molecule has 0 atom stereocenters. The Morgan fingerprint density at radius 3 is 2.00 bits per heavy atom. The van der Waals surface area contributed by atoms with Crippen LogP contribution in [-0.4, -0.2) is 16.9 Å². The van der Waals surface area contributed by atoms with Crippen molar-refractivity contribution in [2.24, 2.45) is 0 Å². The van der Waals surface area contributed by atoms with Crippen LogP contribution in [0.2, 0.25) is 0 Å². The van der Waals surface area contributed by atoms with Crippen molar-refractivity contribution in [1.82, 2.24) is 0 Å². The van der Waals surface area contributed by atoms with Gasteiger partial charge in [-0.2, -0.15) is 8.78 Å². The van der Waals surface area contributed by atoms with Crippen LogP contribution in [0.15, 0.2) is 0 Å². The lowest BCUT2D eigenvalue weighted by Gasteiger charge is -2.02. The van der Waals surface area contributed by atoms with E-state index in [1.54, 1.807) is 0 Å². The second kappa shape index (κ2) is 3.05. The Bertz CT molecular complexity index is 162. The molecule has 0 fully saturated rings. The largest absolute Gasteiger partial charge is 0.387 e. The molecule has 0 bridgehead atoms. The first kappa shape index (κ1) is 9.49. The molecule has 0 heterocycles. The molecule has 0 aromatic rings. The summed E-state index contributed by atoms with van der Waals surface area (Å²) in [6.45, 7) is 1.31. The Morgan fingerprint density at radius 1 is 1.50 bits per heavy atom. The minimum atomic E-state index is -4.03. The molecule has 0 aliphatic rings. The van der Waals surface area contributed by atoms with Crippen molar-refractivity contribution < 1.29 is 18.4 Å². The number of alkyl halides is 3. The van der Waals surface area contributed by atoms with Crippen LogP contribution in [0.25, 0.3) is 0 Å². The second-order valence-electron chi connectivity index (χ2n) is 1.60. The van der Waals surface area contributed by atoms with E-state index in [4.69, 9.17) is 0 Å². The molecular formula is C5H5ClF2O2. The maximum absolute atomic E-state index is 11.7. The maximum atomic E-state index is 11.7. The van der Waals surface area contributed by atoms with Crippen molar-refractivity contribution >= 4 is 23.2 Å². The van der Waals surface area contributed by atoms with Gasteiger partial charge in [-0.15, -0.1) is 0 Å². The summed E-state index contributed by atoms with van der Waals surface area (Å²) in [5.41, 5.74) is 0. The highest BCUT2D eigenvalue weighted by Gasteiger charge is 2.39. The monoisotopic (exact) mass is 170 g/mol. The third kappa shape index (κ3) is 2.39. The average molecular weight is 171 g/mol. The highest BCUT2D eigenvalue weighted by Crippen LogP contribution is 2.20. The molecule has 5 heteroatoms.